The van der Waals surface area contributed by atoms with Crippen molar-refractivity contribution in [3.05, 3.63) is 52.9 Å². The number of hydrogen-bond acceptors (Lipinski definition) is 4. The van der Waals surface area contributed by atoms with Crippen LogP contribution < -0.4 is 5.32 Å². The van der Waals surface area contributed by atoms with Gasteiger partial charge in [-0.2, -0.15) is 0 Å². The van der Waals surface area contributed by atoms with Crippen molar-refractivity contribution in [3.8, 4) is 11.1 Å². The van der Waals surface area contributed by atoms with Crippen LogP contribution in [0.15, 0.2) is 36.9 Å². The van der Waals surface area contributed by atoms with E-state index in [0.29, 0.717) is 12.4 Å². The first-order chi connectivity index (χ1) is 10.6. The summed E-state index contributed by atoms with van der Waals surface area (Å²) in [6, 6.07) is 6.42. The van der Waals surface area contributed by atoms with Crippen LogP contribution in [0.25, 0.3) is 21.3 Å². The Hall–Kier alpha value is -1.98. The molecule has 6 heteroatoms. The second-order valence-electron chi connectivity index (χ2n) is 4.73. The second kappa shape index (κ2) is 6.02. The molecule has 0 bridgehead atoms. The molecule has 3 rings (SSSR count). The average molecular weight is 334 g/mol. The van der Waals surface area contributed by atoms with Gasteiger partial charge in [0.2, 0.25) is 5.28 Å². The molecule has 0 spiro atoms. The van der Waals surface area contributed by atoms with Gasteiger partial charge in [-0.05, 0) is 36.2 Å². The van der Waals surface area contributed by atoms with E-state index in [1.54, 1.807) is 29.5 Å². The summed E-state index contributed by atoms with van der Waals surface area (Å²) in [6.07, 6.45) is 1.75. The Morgan fingerprint density at radius 2 is 2.05 bits per heavy atom. The van der Waals surface area contributed by atoms with Gasteiger partial charge in [-0.1, -0.05) is 18.2 Å². The summed E-state index contributed by atoms with van der Waals surface area (Å²) in [5.74, 6) is 0.406. The smallest absolute Gasteiger partial charge is 0.225 e. The molecule has 0 radical (unpaired) electrons. The molecule has 112 valence electrons. The molecular weight excluding hydrogens is 321 g/mol. The van der Waals surface area contributed by atoms with E-state index in [1.165, 1.54) is 12.1 Å². The fourth-order valence-electron chi connectivity index (χ4n) is 2.35. The third-order valence-corrected chi connectivity index (χ3v) is 4.42. The topological polar surface area (TPSA) is 37.8 Å². The highest BCUT2D eigenvalue weighted by Gasteiger charge is 2.17. The maximum absolute atomic E-state index is 13.2. The number of rotatable bonds is 4. The van der Waals surface area contributed by atoms with Crippen LogP contribution in [0.4, 0.5) is 10.2 Å². The Morgan fingerprint density at radius 1 is 1.32 bits per heavy atom. The predicted octanol–water partition coefficient (Wildman–Crippen LogP) is 5.06. The molecule has 0 aliphatic heterocycles. The summed E-state index contributed by atoms with van der Waals surface area (Å²) in [7, 11) is 0. The fraction of sp³-hybridized carbons (Fsp3) is 0.125. The molecule has 3 aromatic rings. The van der Waals surface area contributed by atoms with Gasteiger partial charge in [0, 0.05) is 17.0 Å². The number of nitrogens with one attached hydrogen (secondary N) is 1. The number of hydrogen-bond donors (Lipinski definition) is 1. The number of anilines is 1. The van der Waals surface area contributed by atoms with Crippen LogP contribution in [0.2, 0.25) is 5.28 Å². The van der Waals surface area contributed by atoms with Crippen LogP contribution >= 0.6 is 22.9 Å². The van der Waals surface area contributed by atoms with E-state index in [4.69, 9.17) is 11.6 Å². The third-order valence-electron chi connectivity index (χ3n) is 3.25. The summed E-state index contributed by atoms with van der Waals surface area (Å²) < 4.78 is 13.2. The van der Waals surface area contributed by atoms with E-state index in [0.717, 1.165) is 26.2 Å². The Labute approximate surface area is 136 Å². The van der Waals surface area contributed by atoms with E-state index in [1.807, 2.05) is 6.92 Å². The zero-order chi connectivity index (χ0) is 15.7. The fourth-order valence-corrected chi connectivity index (χ4v) is 3.61. The highest BCUT2D eigenvalue weighted by Crippen LogP contribution is 2.41. The Kier molecular flexibility index (Phi) is 4.09. The van der Waals surface area contributed by atoms with Gasteiger partial charge in [0.05, 0.1) is 5.39 Å². The molecule has 22 heavy (non-hydrogen) atoms. The normalized spacial score (nSPS) is 10.9. The molecule has 0 atom stereocenters. The van der Waals surface area contributed by atoms with Gasteiger partial charge < -0.3 is 5.32 Å². The molecule has 0 amide bonds. The van der Waals surface area contributed by atoms with Gasteiger partial charge in [0.15, 0.2) is 0 Å². The van der Waals surface area contributed by atoms with E-state index >= 15 is 0 Å². The Morgan fingerprint density at radius 3 is 2.73 bits per heavy atom. The van der Waals surface area contributed by atoms with E-state index in [9.17, 15) is 4.39 Å². The van der Waals surface area contributed by atoms with Crippen LogP contribution in [0.1, 0.15) is 4.88 Å². The predicted molar refractivity (Wildman–Crippen MR) is 91.2 cm³/mol. The molecule has 0 aliphatic rings. The number of halogens is 2. The molecular formula is C16H13ClFN3S. The van der Waals surface area contributed by atoms with Gasteiger partial charge in [0.25, 0.3) is 0 Å². The second-order valence-corrected chi connectivity index (χ2v) is 6.27. The number of fused-ring (bicyclic) bond motifs is 1. The standard InChI is InChI=1S/C16H13ClFN3S/c1-3-8-19-14-13-12(10-4-6-11(18)7-5-10)9(2)22-15(13)21-16(17)20-14/h3-7H,1,8H2,2H3,(H,19,20,21). The lowest BCUT2D eigenvalue weighted by molar-refractivity contribution is 0.628. The van der Waals surface area contributed by atoms with Crippen LogP contribution in [0, 0.1) is 12.7 Å². The Bertz CT molecular complexity index is 843. The SMILES string of the molecule is C=CCNc1nc(Cl)nc2sc(C)c(-c3ccc(F)cc3)c12. The van der Waals surface area contributed by atoms with Crippen molar-refractivity contribution < 1.29 is 4.39 Å². The maximum Gasteiger partial charge on any atom is 0.225 e. The largest absolute Gasteiger partial charge is 0.366 e. The van der Waals surface area contributed by atoms with Gasteiger partial charge in [-0.3, -0.25) is 0 Å². The van der Waals surface area contributed by atoms with Crippen molar-refractivity contribution in [2.45, 2.75) is 6.92 Å². The van der Waals surface area contributed by atoms with Crippen LogP contribution in [-0.4, -0.2) is 16.5 Å². The van der Waals surface area contributed by atoms with Crippen molar-refractivity contribution in [3.63, 3.8) is 0 Å². The first-order valence-corrected chi connectivity index (χ1v) is 7.87. The van der Waals surface area contributed by atoms with Gasteiger partial charge in [0.1, 0.15) is 16.5 Å². The van der Waals surface area contributed by atoms with Crippen LogP contribution in [0.5, 0.6) is 0 Å². The van der Waals surface area contributed by atoms with Crippen molar-refractivity contribution in [1.29, 1.82) is 0 Å². The number of nitrogens with zero attached hydrogens (tertiary/aromatic N) is 2. The van der Waals surface area contributed by atoms with Crippen LogP contribution in [-0.2, 0) is 0 Å². The zero-order valence-corrected chi connectivity index (χ0v) is 13.4. The lowest BCUT2D eigenvalue weighted by atomic mass is 10.0. The van der Waals surface area contributed by atoms with Crippen molar-refractivity contribution >= 4 is 39.0 Å². The monoisotopic (exact) mass is 333 g/mol. The summed E-state index contributed by atoms with van der Waals surface area (Å²) in [5.41, 5.74) is 1.93. The molecule has 1 aromatic carbocycles. The minimum atomic E-state index is -0.259. The van der Waals surface area contributed by atoms with Gasteiger partial charge in [-0.25, -0.2) is 14.4 Å². The van der Waals surface area contributed by atoms with Crippen LogP contribution in [0.3, 0.4) is 0 Å². The molecule has 2 heterocycles. The number of thiophene rings is 1. The quantitative estimate of drug-likeness (QED) is 0.536. The van der Waals surface area contributed by atoms with E-state index in [-0.39, 0.29) is 11.1 Å². The molecule has 3 nitrogen and oxygen atoms in total. The maximum atomic E-state index is 13.2. The summed E-state index contributed by atoms with van der Waals surface area (Å²) in [6.45, 7) is 6.28. The third kappa shape index (κ3) is 2.69. The molecule has 2 aromatic heterocycles. The van der Waals surface area contributed by atoms with E-state index in [2.05, 4.69) is 21.9 Å². The lowest BCUT2D eigenvalue weighted by Crippen LogP contribution is -2.02. The van der Waals surface area contributed by atoms with Gasteiger partial charge >= 0.3 is 0 Å². The van der Waals surface area contributed by atoms with Crippen molar-refractivity contribution in [2.75, 3.05) is 11.9 Å². The van der Waals surface area contributed by atoms with Crippen molar-refractivity contribution in [1.82, 2.24) is 9.97 Å². The average Bonchev–Trinajstić information content (AvgIpc) is 2.81. The molecule has 0 saturated heterocycles. The molecule has 0 unspecified atom stereocenters. The lowest BCUT2D eigenvalue weighted by Gasteiger charge is -2.08. The first kappa shape index (κ1) is 14.9. The Balaban J connectivity index is 2.26. The summed E-state index contributed by atoms with van der Waals surface area (Å²) in [5, 5.41) is 4.30. The molecule has 0 saturated carbocycles. The number of aromatic nitrogens is 2. The van der Waals surface area contributed by atoms with Gasteiger partial charge in [-0.15, -0.1) is 17.9 Å². The molecule has 0 aliphatic carbocycles. The highest BCUT2D eigenvalue weighted by molar-refractivity contribution is 7.19. The van der Waals surface area contributed by atoms with Crippen molar-refractivity contribution in [2.24, 2.45) is 0 Å². The number of aryl methyl sites for hydroxylation is 1. The molecule has 1 N–H and O–H groups in total. The highest BCUT2D eigenvalue weighted by atomic mass is 35.5. The zero-order valence-electron chi connectivity index (χ0n) is 11.9. The summed E-state index contributed by atoms with van der Waals surface area (Å²) in [4.78, 5) is 10.5. The minimum Gasteiger partial charge on any atom is -0.366 e. The number of benzene rings is 1. The first-order valence-electron chi connectivity index (χ1n) is 6.67. The minimum absolute atomic E-state index is 0.200. The van der Waals surface area contributed by atoms with E-state index < -0.39 is 0 Å². The summed E-state index contributed by atoms with van der Waals surface area (Å²) >= 11 is 7.54. The molecule has 0 fully saturated rings.